The quantitative estimate of drug-likeness (QED) is 0.306. The summed E-state index contributed by atoms with van der Waals surface area (Å²) in [6.07, 6.45) is 8.26. The Balaban J connectivity index is -0.0000000894. The molecule has 2 nitrogen and oxygen atoms in total. The number of unbranched alkanes of at least 4 members (excludes halogenated alkanes) is 1. The van der Waals surface area contributed by atoms with E-state index in [0.717, 1.165) is 5.92 Å². The van der Waals surface area contributed by atoms with Gasteiger partial charge in [-0.05, 0) is 68.0 Å². The standard InChI is InChI=1S/C8H16O2.2C8H18.2C7H16.C6H14.C5H12/c1-6(5-7(9)10)8(2,3)4;1-7(2,3)8(4,5)6;1-5-6-7-8(2,3)4;1-6(2)7(3,4)5;1-5-6-7(2,3)4;1-5-6(2,3)4;1-5(2,3)4/h6H,5H2,1-4H3,(H,9,10);1-6H3;5-7H2,1-4H3;6H,1-5H3;5-6H2,1-4H3;5H2,1-4H3;1-4H3. The molecule has 0 saturated carbocycles. The van der Waals surface area contributed by atoms with Crippen LogP contribution in [0.4, 0.5) is 0 Å². The van der Waals surface area contributed by atoms with E-state index in [1.807, 2.05) is 6.92 Å². The van der Waals surface area contributed by atoms with Gasteiger partial charge in [0.25, 0.3) is 0 Å². The average molecular weight is 731 g/mol. The van der Waals surface area contributed by atoms with Gasteiger partial charge in [0, 0.05) is 6.42 Å². The van der Waals surface area contributed by atoms with Crippen molar-refractivity contribution < 1.29 is 9.90 Å². The predicted octanol–water partition coefficient (Wildman–Crippen LogP) is 18.5. The molecule has 2 heteroatoms. The molecule has 0 bridgehead atoms. The van der Waals surface area contributed by atoms with Crippen molar-refractivity contribution in [3.8, 4) is 0 Å². The van der Waals surface area contributed by atoms with Crippen molar-refractivity contribution in [1.82, 2.24) is 0 Å². The first kappa shape index (κ1) is 65.4. The van der Waals surface area contributed by atoms with Gasteiger partial charge >= 0.3 is 5.97 Å². The Morgan fingerprint density at radius 1 is 0.471 bits per heavy atom. The van der Waals surface area contributed by atoms with E-state index >= 15 is 0 Å². The molecule has 0 aliphatic heterocycles. The lowest BCUT2D eigenvalue weighted by Crippen LogP contribution is -2.25. The van der Waals surface area contributed by atoms with Crippen LogP contribution in [-0.4, -0.2) is 11.1 Å². The highest BCUT2D eigenvalue weighted by Gasteiger charge is 2.27. The maximum atomic E-state index is 10.3. The Morgan fingerprint density at radius 2 is 0.725 bits per heavy atom. The van der Waals surface area contributed by atoms with Crippen LogP contribution in [0.25, 0.3) is 0 Å². The SMILES string of the molecule is CC(C)(C)C.CC(C)(C)C(C)(C)C.CC(C)C(C)(C)C.CC(CC(=O)O)C(C)(C)C.CCC(C)(C)C.CCCC(C)(C)C.CCCCC(C)(C)C. The van der Waals surface area contributed by atoms with Crippen LogP contribution in [0.1, 0.15) is 260 Å². The van der Waals surface area contributed by atoms with Crippen molar-refractivity contribution >= 4 is 5.97 Å². The molecule has 0 radical (unpaired) electrons. The van der Waals surface area contributed by atoms with Gasteiger partial charge < -0.3 is 5.11 Å². The molecule has 51 heavy (non-hydrogen) atoms. The minimum atomic E-state index is -0.706. The Hall–Kier alpha value is -0.530. The van der Waals surface area contributed by atoms with Crippen LogP contribution in [0.5, 0.6) is 0 Å². The minimum Gasteiger partial charge on any atom is -0.481 e. The fourth-order valence-electron chi connectivity index (χ4n) is 2.03. The lowest BCUT2D eigenvalue weighted by Gasteiger charge is -2.34. The van der Waals surface area contributed by atoms with E-state index in [4.69, 9.17) is 5.11 Å². The molecule has 0 aromatic carbocycles. The number of rotatable bonds is 5. The second-order valence-corrected chi connectivity index (χ2v) is 24.8. The van der Waals surface area contributed by atoms with Crippen molar-refractivity contribution in [2.45, 2.75) is 260 Å². The number of aliphatic carboxylic acids is 1. The molecule has 0 aromatic heterocycles. The molecule has 0 fully saturated rings. The summed E-state index contributed by atoms with van der Waals surface area (Å²) in [4.78, 5) is 10.3. The summed E-state index contributed by atoms with van der Waals surface area (Å²) in [7, 11) is 0. The zero-order chi connectivity index (χ0) is 43.7. The second-order valence-electron chi connectivity index (χ2n) is 24.8. The first-order valence-electron chi connectivity index (χ1n) is 20.9. The largest absolute Gasteiger partial charge is 0.481 e. The molecule has 0 aromatic rings. The van der Waals surface area contributed by atoms with Gasteiger partial charge in [-0.15, -0.1) is 0 Å². The lowest BCUT2D eigenvalue weighted by atomic mass is 9.71. The molecule has 1 N–H and O–H groups in total. The maximum Gasteiger partial charge on any atom is 0.303 e. The molecule has 0 saturated heterocycles. The number of hydrogen-bond donors (Lipinski definition) is 1. The van der Waals surface area contributed by atoms with E-state index in [2.05, 4.69) is 208 Å². The van der Waals surface area contributed by atoms with E-state index in [1.165, 1.54) is 38.5 Å². The van der Waals surface area contributed by atoms with E-state index < -0.39 is 5.97 Å². The molecule has 0 heterocycles. The highest BCUT2D eigenvalue weighted by Crippen LogP contribution is 2.36. The fourth-order valence-corrected chi connectivity index (χ4v) is 2.03. The normalized spacial score (nSPS) is 13.0. The second kappa shape index (κ2) is 28.9. The molecule has 1 atom stereocenters. The van der Waals surface area contributed by atoms with Gasteiger partial charge in [-0.2, -0.15) is 0 Å². The highest BCUT2D eigenvalue weighted by atomic mass is 16.4. The monoisotopic (exact) mass is 731 g/mol. The molecule has 0 aliphatic rings. The Morgan fingerprint density at radius 3 is 0.765 bits per heavy atom. The van der Waals surface area contributed by atoms with Gasteiger partial charge in [-0.3, -0.25) is 4.79 Å². The maximum absolute atomic E-state index is 10.3. The van der Waals surface area contributed by atoms with Crippen LogP contribution in [0.3, 0.4) is 0 Å². The zero-order valence-electron chi connectivity index (χ0n) is 42.5. The average Bonchev–Trinajstić information content (AvgIpc) is 2.79. The van der Waals surface area contributed by atoms with E-state index in [-0.39, 0.29) is 17.8 Å². The molecule has 318 valence electrons. The van der Waals surface area contributed by atoms with Gasteiger partial charge in [0.1, 0.15) is 0 Å². The zero-order valence-corrected chi connectivity index (χ0v) is 42.5. The first-order chi connectivity index (χ1) is 21.7. The summed E-state index contributed by atoms with van der Waals surface area (Å²) in [6, 6.07) is 0. The van der Waals surface area contributed by atoms with Gasteiger partial charge in [0.2, 0.25) is 0 Å². The summed E-state index contributed by atoms with van der Waals surface area (Å²) in [5.74, 6) is 0.333. The van der Waals surface area contributed by atoms with Crippen molar-refractivity contribution in [1.29, 1.82) is 0 Å². The minimum absolute atomic E-state index is 0.110. The molecule has 0 aliphatic carbocycles. The van der Waals surface area contributed by atoms with Gasteiger partial charge in [0.15, 0.2) is 0 Å². The van der Waals surface area contributed by atoms with Crippen molar-refractivity contribution in [2.24, 2.45) is 55.2 Å². The van der Waals surface area contributed by atoms with Crippen LogP contribution in [0.2, 0.25) is 0 Å². The van der Waals surface area contributed by atoms with Crippen LogP contribution in [0, 0.1) is 55.2 Å². The van der Waals surface area contributed by atoms with Crippen molar-refractivity contribution in [3.05, 3.63) is 0 Å². The number of carbonyl (C=O) groups is 1. The molecule has 0 rings (SSSR count). The van der Waals surface area contributed by atoms with Crippen molar-refractivity contribution in [3.63, 3.8) is 0 Å². The summed E-state index contributed by atoms with van der Waals surface area (Å²) in [5.41, 5.74) is 3.63. The summed E-state index contributed by atoms with van der Waals surface area (Å²) in [5, 5.41) is 8.45. The number of carboxylic acid groups (broad SMARTS) is 1. The van der Waals surface area contributed by atoms with Crippen LogP contribution >= 0.6 is 0 Å². The van der Waals surface area contributed by atoms with E-state index in [0.29, 0.717) is 37.9 Å². The summed E-state index contributed by atoms with van der Waals surface area (Å²) in [6.45, 7) is 68.9. The third-order valence-electron chi connectivity index (χ3n) is 9.28. The topological polar surface area (TPSA) is 37.3 Å². The van der Waals surface area contributed by atoms with Gasteiger partial charge in [-0.25, -0.2) is 0 Å². The third-order valence-corrected chi connectivity index (χ3v) is 9.28. The van der Waals surface area contributed by atoms with Crippen LogP contribution in [-0.2, 0) is 4.79 Å². The summed E-state index contributed by atoms with van der Waals surface area (Å²) < 4.78 is 0. The van der Waals surface area contributed by atoms with Crippen LogP contribution in [0.15, 0.2) is 0 Å². The fraction of sp³-hybridized carbons (Fsp3) is 0.980. The molecule has 0 amide bonds. The predicted molar refractivity (Wildman–Crippen MR) is 242 cm³/mol. The number of carboxylic acids is 1. The molecular formula is C49H110O2. The highest BCUT2D eigenvalue weighted by molar-refractivity contribution is 5.67. The van der Waals surface area contributed by atoms with E-state index in [1.54, 1.807) is 0 Å². The Labute approximate surface area is 329 Å². The smallest absolute Gasteiger partial charge is 0.303 e. The lowest BCUT2D eigenvalue weighted by molar-refractivity contribution is -0.138. The van der Waals surface area contributed by atoms with Crippen molar-refractivity contribution in [2.75, 3.05) is 0 Å². The first-order valence-corrected chi connectivity index (χ1v) is 20.9. The van der Waals surface area contributed by atoms with E-state index in [9.17, 15) is 4.79 Å². The van der Waals surface area contributed by atoms with Gasteiger partial charge in [0.05, 0.1) is 0 Å². The molecular weight excluding hydrogens is 621 g/mol. The van der Waals surface area contributed by atoms with Gasteiger partial charge in [-0.1, -0.05) is 240 Å². The summed E-state index contributed by atoms with van der Waals surface area (Å²) >= 11 is 0. The number of hydrogen-bond acceptors (Lipinski definition) is 1. The molecule has 0 spiro atoms. The Kier molecular flexibility index (Phi) is 37.0. The van der Waals surface area contributed by atoms with Crippen LogP contribution < -0.4 is 0 Å². The Bertz CT molecular complexity index is 725. The third kappa shape index (κ3) is 83.8. The molecule has 1 unspecified atom stereocenters.